The van der Waals surface area contributed by atoms with Crippen molar-refractivity contribution < 1.29 is 4.42 Å². The van der Waals surface area contributed by atoms with E-state index in [9.17, 15) is 0 Å². The van der Waals surface area contributed by atoms with Crippen molar-refractivity contribution in [2.45, 2.75) is 0 Å². The molecule has 0 N–H and O–H groups in total. The molecule has 4 nitrogen and oxygen atoms in total. The maximum atomic E-state index is 6.53. The van der Waals surface area contributed by atoms with Crippen LogP contribution in [0.3, 0.4) is 0 Å². The first-order chi connectivity index (χ1) is 28.3. The Bertz CT molecular complexity index is 3460. The number of rotatable bonds is 5. The molecule has 0 bridgehead atoms. The van der Waals surface area contributed by atoms with Crippen molar-refractivity contribution in [2.24, 2.45) is 0 Å². The number of fused-ring (bicyclic) bond motifs is 9. The van der Waals surface area contributed by atoms with Gasteiger partial charge in [0.05, 0.1) is 27.8 Å². The Labute approximate surface area is 328 Å². The van der Waals surface area contributed by atoms with Crippen LogP contribution in [0.4, 0.5) is 0 Å². The van der Waals surface area contributed by atoms with Gasteiger partial charge in [0.15, 0.2) is 5.58 Å². The molecule has 0 saturated heterocycles. The van der Waals surface area contributed by atoms with Gasteiger partial charge in [0.2, 0.25) is 0 Å². The van der Waals surface area contributed by atoms with E-state index in [0.717, 1.165) is 60.7 Å². The van der Waals surface area contributed by atoms with E-state index < -0.39 is 0 Å². The minimum absolute atomic E-state index is 0.880. The van der Waals surface area contributed by atoms with E-state index in [1.54, 1.807) is 0 Å². The molecule has 8 aromatic carbocycles. The second-order valence-electron chi connectivity index (χ2n) is 14.8. The molecule has 266 valence electrons. The molecule has 0 radical (unpaired) electrons. The van der Waals surface area contributed by atoms with E-state index in [1.807, 2.05) is 24.5 Å². The molecule has 12 aromatic rings. The van der Waals surface area contributed by atoms with Crippen molar-refractivity contribution in [3.63, 3.8) is 0 Å². The Morgan fingerprint density at radius 3 is 1.67 bits per heavy atom. The number of nitrogens with zero attached hydrogens (tertiary/aromatic N) is 3. The summed E-state index contributed by atoms with van der Waals surface area (Å²) in [6, 6.07) is 67.6. The van der Waals surface area contributed by atoms with Gasteiger partial charge in [0.25, 0.3) is 0 Å². The highest BCUT2D eigenvalue weighted by molar-refractivity contribution is 6.14. The molecule has 0 unspecified atom stereocenters. The van der Waals surface area contributed by atoms with E-state index in [-0.39, 0.29) is 0 Å². The highest BCUT2D eigenvalue weighted by Crippen LogP contribution is 2.41. The van der Waals surface area contributed by atoms with Gasteiger partial charge in [-0.15, -0.1) is 0 Å². The molecule has 0 fully saturated rings. The number of para-hydroxylation sites is 3. The minimum Gasteiger partial charge on any atom is -0.454 e. The number of benzene rings is 8. The summed E-state index contributed by atoms with van der Waals surface area (Å²) in [6.07, 6.45) is 3.86. The molecule has 0 amide bonds. The van der Waals surface area contributed by atoms with Crippen molar-refractivity contribution in [3.05, 3.63) is 200 Å². The predicted octanol–water partition coefficient (Wildman–Crippen LogP) is 14.2. The summed E-state index contributed by atoms with van der Waals surface area (Å²) in [4.78, 5) is 4.59. The second kappa shape index (κ2) is 12.4. The van der Waals surface area contributed by atoms with Crippen molar-refractivity contribution in [2.75, 3.05) is 0 Å². The molecule has 0 atom stereocenters. The fraction of sp³-hybridized carbons (Fsp3) is 0. The molecule has 0 aliphatic carbocycles. The van der Waals surface area contributed by atoms with E-state index in [4.69, 9.17) is 4.42 Å². The third-order valence-electron chi connectivity index (χ3n) is 11.6. The van der Waals surface area contributed by atoms with Gasteiger partial charge in [0, 0.05) is 50.4 Å². The van der Waals surface area contributed by atoms with Crippen LogP contribution in [0, 0.1) is 0 Å². The van der Waals surface area contributed by atoms with Gasteiger partial charge in [-0.1, -0.05) is 121 Å². The van der Waals surface area contributed by atoms with Gasteiger partial charge in [-0.3, -0.25) is 4.98 Å². The Balaban J connectivity index is 1.04. The van der Waals surface area contributed by atoms with E-state index >= 15 is 0 Å². The van der Waals surface area contributed by atoms with Crippen LogP contribution in [0.2, 0.25) is 0 Å². The molecule has 4 aromatic heterocycles. The lowest BCUT2D eigenvalue weighted by atomic mass is 9.98. The highest BCUT2D eigenvalue weighted by atomic mass is 16.3. The maximum Gasteiger partial charge on any atom is 0.159 e. The van der Waals surface area contributed by atoms with E-state index in [1.165, 1.54) is 49.6 Å². The highest BCUT2D eigenvalue weighted by Gasteiger charge is 2.20. The maximum absolute atomic E-state index is 6.53. The number of furan rings is 1. The minimum atomic E-state index is 0.880. The number of hydrogen-bond donors (Lipinski definition) is 0. The number of hydrogen-bond acceptors (Lipinski definition) is 2. The van der Waals surface area contributed by atoms with Crippen LogP contribution in [-0.4, -0.2) is 14.1 Å². The lowest BCUT2D eigenvalue weighted by molar-refractivity contribution is 0.666. The molecular formula is C53H33N3O. The summed E-state index contributed by atoms with van der Waals surface area (Å²) < 4.78 is 11.3. The van der Waals surface area contributed by atoms with Crippen LogP contribution >= 0.6 is 0 Å². The van der Waals surface area contributed by atoms with E-state index in [0.29, 0.717) is 0 Å². The normalized spacial score (nSPS) is 11.9. The zero-order chi connectivity index (χ0) is 37.5. The predicted molar refractivity (Wildman–Crippen MR) is 237 cm³/mol. The molecular weight excluding hydrogens is 695 g/mol. The van der Waals surface area contributed by atoms with Crippen molar-refractivity contribution in [1.82, 2.24) is 14.1 Å². The average molecular weight is 728 g/mol. The summed E-state index contributed by atoms with van der Waals surface area (Å²) in [5.41, 5.74) is 15.6. The topological polar surface area (TPSA) is 35.9 Å². The first-order valence-electron chi connectivity index (χ1n) is 19.4. The second-order valence-corrected chi connectivity index (χ2v) is 14.8. The lowest BCUT2D eigenvalue weighted by Gasteiger charge is -2.14. The lowest BCUT2D eigenvalue weighted by Crippen LogP contribution is -1.96. The first-order valence-corrected chi connectivity index (χ1v) is 19.4. The van der Waals surface area contributed by atoms with Gasteiger partial charge < -0.3 is 13.6 Å². The van der Waals surface area contributed by atoms with Gasteiger partial charge in [-0.2, -0.15) is 0 Å². The monoisotopic (exact) mass is 727 g/mol. The Hall–Kier alpha value is -7.69. The molecule has 0 aliphatic rings. The van der Waals surface area contributed by atoms with Gasteiger partial charge >= 0.3 is 0 Å². The first kappa shape index (κ1) is 31.6. The molecule has 0 aliphatic heterocycles. The Morgan fingerprint density at radius 1 is 0.351 bits per heavy atom. The van der Waals surface area contributed by atoms with Gasteiger partial charge in [-0.25, -0.2) is 0 Å². The zero-order valence-corrected chi connectivity index (χ0v) is 30.8. The quantitative estimate of drug-likeness (QED) is 0.177. The van der Waals surface area contributed by atoms with Gasteiger partial charge in [-0.05, 0) is 100 Å². The zero-order valence-electron chi connectivity index (χ0n) is 30.8. The number of aromatic nitrogens is 3. The summed E-state index contributed by atoms with van der Waals surface area (Å²) in [5.74, 6) is 0. The summed E-state index contributed by atoms with van der Waals surface area (Å²) >= 11 is 0. The molecule has 0 saturated carbocycles. The summed E-state index contributed by atoms with van der Waals surface area (Å²) in [6.45, 7) is 0. The molecule has 4 heteroatoms. The smallest absolute Gasteiger partial charge is 0.159 e. The molecule has 0 spiro atoms. The third kappa shape index (κ3) is 4.91. The fourth-order valence-electron chi connectivity index (χ4n) is 8.98. The largest absolute Gasteiger partial charge is 0.454 e. The van der Waals surface area contributed by atoms with Crippen LogP contribution in [0.15, 0.2) is 205 Å². The standard InChI is InChI=1S/C53H33N3O/c1-3-12-34(13-4-1)38-28-39(35-14-5-2-6-15-35)30-40(29-38)55-47-19-9-7-16-41(47)44-31-36(22-24-48(44)55)37-23-25-49-45(32-37)46-33-54-27-26-50(46)56(49)51-20-11-18-43-42-17-8-10-21-52(42)57-53(43)51/h1-33H. The van der Waals surface area contributed by atoms with Crippen LogP contribution in [0.5, 0.6) is 0 Å². The van der Waals surface area contributed by atoms with Crippen LogP contribution in [0.1, 0.15) is 0 Å². The average Bonchev–Trinajstić information content (AvgIpc) is 3.94. The fourth-order valence-corrected chi connectivity index (χ4v) is 8.98. The van der Waals surface area contributed by atoms with Crippen LogP contribution in [-0.2, 0) is 0 Å². The SMILES string of the molecule is c1ccc(-c2cc(-c3ccccc3)cc(-n3c4ccccc4c4cc(-c5ccc6c(c5)c5cnccc5n6-c5cccc6c5oc5ccccc56)ccc43)c2)cc1. The van der Waals surface area contributed by atoms with E-state index in [2.05, 4.69) is 190 Å². The van der Waals surface area contributed by atoms with Crippen LogP contribution < -0.4 is 0 Å². The van der Waals surface area contributed by atoms with Crippen LogP contribution in [0.25, 0.3) is 110 Å². The Morgan fingerprint density at radius 2 is 0.930 bits per heavy atom. The third-order valence-corrected chi connectivity index (χ3v) is 11.6. The van der Waals surface area contributed by atoms with Gasteiger partial charge in [0.1, 0.15) is 5.58 Å². The van der Waals surface area contributed by atoms with Crippen molar-refractivity contribution >= 4 is 65.6 Å². The summed E-state index contributed by atoms with van der Waals surface area (Å²) in [7, 11) is 0. The molecule has 4 heterocycles. The molecule has 12 rings (SSSR count). The summed E-state index contributed by atoms with van der Waals surface area (Å²) in [5, 5.41) is 6.93. The Kier molecular flexibility index (Phi) is 6.89. The van der Waals surface area contributed by atoms with Crippen molar-refractivity contribution in [1.29, 1.82) is 0 Å². The number of pyridine rings is 1. The van der Waals surface area contributed by atoms with Crippen molar-refractivity contribution in [3.8, 4) is 44.8 Å². The molecule has 57 heavy (non-hydrogen) atoms.